The SMILES string of the molecule is CNCC1(OCC2CCCCC2)CCCC(C)C1. The van der Waals surface area contributed by atoms with Crippen molar-refractivity contribution in [1.29, 1.82) is 0 Å². The van der Waals surface area contributed by atoms with E-state index in [1.54, 1.807) is 0 Å². The smallest absolute Gasteiger partial charge is 0.0808 e. The number of nitrogens with one attached hydrogen (secondary N) is 1. The van der Waals surface area contributed by atoms with E-state index >= 15 is 0 Å². The van der Waals surface area contributed by atoms with Crippen molar-refractivity contribution in [3.05, 3.63) is 0 Å². The van der Waals surface area contributed by atoms with Crippen LogP contribution in [0.15, 0.2) is 0 Å². The van der Waals surface area contributed by atoms with Crippen molar-refractivity contribution < 1.29 is 4.74 Å². The molecule has 2 rings (SSSR count). The first kappa shape index (κ1) is 14.3. The van der Waals surface area contributed by atoms with Crippen LogP contribution in [0, 0.1) is 11.8 Å². The molecule has 0 spiro atoms. The highest BCUT2D eigenvalue weighted by Gasteiger charge is 2.35. The van der Waals surface area contributed by atoms with Gasteiger partial charge in [-0.05, 0) is 44.6 Å². The van der Waals surface area contributed by atoms with E-state index in [1.165, 1.54) is 57.8 Å². The summed E-state index contributed by atoms with van der Waals surface area (Å²) in [5, 5.41) is 3.36. The van der Waals surface area contributed by atoms with Gasteiger partial charge in [-0.2, -0.15) is 0 Å². The molecule has 2 aliphatic carbocycles. The van der Waals surface area contributed by atoms with Crippen LogP contribution in [-0.2, 0) is 4.74 Å². The second-order valence-electron chi connectivity index (χ2n) is 6.73. The average molecular weight is 253 g/mol. The third kappa shape index (κ3) is 3.96. The van der Waals surface area contributed by atoms with E-state index in [1.807, 2.05) is 0 Å². The van der Waals surface area contributed by atoms with E-state index in [0.717, 1.165) is 25.0 Å². The molecular weight excluding hydrogens is 222 g/mol. The maximum Gasteiger partial charge on any atom is 0.0808 e. The van der Waals surface area contributed by atoms with Crippen molar-refractivity contribution in [3.63, 3.8) is 0 Å². The van der Waals surface area contributed by atoms with Crippen molar-refractivity contribution in [2.45, 2.75) is 70.3 Å². The Balaban J connectivity index is 1.84. The summed E-state index contributed by atoms with van der Waals surface area (Å²) in [7, 11) is 2.06. The minimum atomic E-state index is 0.143. The van der Waals surface area contributed by atoms with Crippen LogP contribution in [0.5, 0.6) is 0 Å². The summed E-state index contributed by atoms with van der Waals surface area (Å²) < 4.78 is 6.46. The fourth-order valence-corrected chi connectivity index (χ4v) is 3.93. The fraction of sp³-hybridized carbons (Fsp3) is 1.00. The Morgan fingerprint density at radius 1 is 1.11 bits per heavy atom. The van der Waals surface area contributed by atoms with E-state index in [4.69, 9.17) is 4.74 Å². The molecule has 106 valence electrons. The van der Waals surface area contributed by atoms with Crippen LogP contribution in [0.25, 0.3) is 0 Å². The Morgan fingerprint density at radius 2 is 1.89 bits per heavy atom. The lowest BCUT2D eigenvalue weighted by Crippen LogP contribution is -2.46. The number of rotatable bonds is 5. The fourth-order valence-electron chi connectivity index (χ4n) is 3.93. The summed E-state index contributed by atoms with van der Waals surface area (Å²) in [6.07, 6.45) is 12.3. The summed E-state index contributed by atoms with van der Waals surface area (Å²) in [6, 6.07) is 0. The van der Waals surface area contributed by atoms with Gasteiger partial charge in [-0.1, -0.05) is 39.0 Å². The zero-order valence-electron chi connectivity index (χ0n) is 12.3. The van der Waals surface area contributed by atoms with Crippen LogP contribution in [0.2, 0.25) is 0 Å². The summed E-state index contributed by atoms with van der Waals surface area (Å²) in [5.41, 5.74) is 0.143. The van der Waals surface area contributed by atoms with Crippen LogP contribution >= 0.6 is 0 Å². The molecule has 2 atom stereocenters. The maximum atomic E-state index is 6.46. The molecule has 2 aliphatic rings. The van der Waals surface area contributed by atoms with Gasteiger partial charge >= 0.3 is 0 Å². The van der Waals surface area contributed by atoms with E-state index in [-0.39, 0.29) is 5.60 Å². The second-order valence-corrected chi connectivity index (χ2v) is 6.73. The zero-order valence-corrected chi connectivity index (χ0v) is 12.3. The Labute approximate surface area is 113 Å². The Bertz CT molecular complexity index is 233. The van der Waals surface area contributed by atoms with Crippen LogP contribution in [0.1, 0.15) is 64.7 Å². The third-order valence-corrected chi connectivity index (χ3v) is 4.90. The molecule has 2 unspecified atom stereocenters. The number of hydrogen-bond donors (Lipinski definition) is 1. The largest absolute Gasteiger partial charge is 0.373 e. The molecule has 0 saturated heterocycles. The van der Waals surface area contributed by atoms with E-state index in [9.17, 15) is 0 Å². The predicted octanol–water partition coefficient (Wildman–Crippen LogP) is 3.75. The summed E-state index contributed by atoms with van der Waals surface area (Å²) in [4.78, 5) is 0. The maximum absolute atomic E-state index is 6.46. The van der Waals surface area contributed by atoms with E-state index in [2.05, 4.69) is 19.3 Å². The first-order chi connectivity index (χ1) is 8.74. The Hall–Kier alpha value is -0.0800. The van der Waals surface area contributed by atoms with E-state index < -0.39 is 0 Å². The molecule has 0 radical (unpaired) electrons. The predicted molar refractivity (Wildman–Crippen MR) is 76.8 cm³/mol. The highest BCUT2D eigenvalue weighted by atomic mass is 16.5. The normalized spacial score (nSPS) is 34.7. The van der Waals surface area contributed by atoms with Gasteiger partial charge in [0.1, 0.15) is 0 Å². The molecule has 2 nitrogen and oxygen atoms in total. The first-order valence-electron chi connectivity index (χ1n) is 8.03. The molecule has 18 heavy (non-hydrogen) atoms. The standard InChI is InChI=1S/C16H31NO/c1-14-7-6-10-16(11-14,13-17-2)18-12-15-8-4-3-5-9-15/h14-15,17H,3-13H2,1-2H3. The Morgan fingerprint density at radius 3 is 2.56 bits per heavy atom. The van der Waals surface area contributed by atoms with Crippen molar-refractivity contribution >= 4 is 0 Å². The molecule has 0 aromatic heterocycles. The molecule has 0 aromatic rings. The molecule has 0 amide bonds. The van der Waals surface area contributed by atoms with Crippen LogP contribution < -0.4 is 5.32 Å². The van der Waals surface area contributed by atoms with Crippen molar-refractivity contribution in [2.75, 3.05) is 20.2 Å². The van der Waals surface area contributed by atoms with Crippen molar-refractivity contribution in [3.8, 4) is 0 Å². The minimum Gasteiger partial charge on any atom is -0.373 e. The zero-order chi connectivity index (χ0) is 12.8. The minimum absolute atomic E-state index is 0.143. The third-order valence-electron chi connectivity index (χ3n) is 4.90. The van der Waals surface area contributed by atoms with Crippen LogP contribution in [-0.4, -0.2) is 25.8 Å². The van der Waals surface area contributed by atoms with Gasteiger partial charge in [0, 0.05) is 6.54 Å². The second kappa shape index (κ2) is 6.91. The lowest BCUT2D eigenvalue weighted by atomic mass is 9.78. The quantitative estimate of drug-likeness (QED) is 0.805. The molecule has 2 heteroatoms. The summed E-state index contributed by atoms with van der Waals surface area (Å²) in [6.45, 7) is 4.42. The van der Waals surface area contributed by atoms with Gasteiger partial charge in [0.2, 0.25) is 0 Å². The number of hydrogen-bond acceptors (Lipinski definition) is 2. The first-order valence-corrected chi connectivity index (χ1v) is 8.03. The van der Waals surface area contributed by atoms with Gasteiger partial charge in [-0.25, -0.2) is 0 Å². The number of ether oxygens (including phenoxy) is 1. The number of likely N-dealkylation sites (N-methyl/N-ethyl adjacent to an activating group) is 1. The molecule has 0 bridgehead atoms. The molecule has 0 aliphatic heterocycles. The van der Waals surface area contributed by atoms with Crippen molar-refractivity contribution in [1.82, 2.24) is 5.32 Å². The van der Waals surface area contributed by atoms with Gasteiger partial charge in [0.25, 0.3) is 0 Å². The van der Waals surface area contributed by atoms with Gasteiger partial charge in [-0.15, -0.1) is 0 Å². The lowest BCUT2D eigenvalue weighted by molar-refractivity contribution is -0.0936. The topological polar surface area (TPSA) is 21.3 Å². The molecule has 2 saturated carbocycles. The van der Waals surface area contributed by atoms with Gasteiger partial charge in [-0.3, -0.25) is 0 Å². The highest BCUT2D eigenvalue weighted by Crippen LogP contribution is 2.36. The Kier molecular flexibility index (Phi) is 5.50. The molecule has 2 fully saturated rings. The summed E-state index contributed by atoms with van der Waals surface area (Å²) >= 11 is 0. The highest BCUT2D eigenvalue weighted by molar-refractivity contribution is 4.89. The van der Waals surface area contributed by atoms with Crippen LogP contribution in [0.3, 0.4) is 0 Å². The van der Waals surface area contributed by atoms with Gasteiger partial charge < -0.3 is 10.1 Å². The molecule has 0 heterocycles. The molecule has 0 aromatic carbocycles. The lowest BCUT2D eigenvalue weighted by Gasteiger charge is -2.41. The summed E-state index contributed by atoms with van der Waals surface area (Å²) in [5.74, 6) is 1.67. The van der Waals surface area contributed by atoms with Crippen LogP contribution in [0.4, 0.5) is 0 Å². The van der Waals surface area contributed by atoms with Crippen molar-refractivity contribution in [2.24, 2.45) is 11.8 Å². The molecular formula is C16H31NO. The average Bonchev–Trinajstić information content (AvgIpc) is 2.38. The van der Waals surface area contributed by atoms with Gasteiger partial charge in [0.15, 0.2) is 0 Å². The monoisotopic (exact) mass is 253 g/mol. The van der Waals surface area contributed by atoms with Gasteiger partial charge in [0.05, 0.1) is 12.2 Å². The molecule has 1 N–H and O–H groups in total. The van der Waals surface area contributed by atoms with E-state index in [0.29, 0.717) is 0 Å².